The number of sulfonamides is 1. The number of rotatable bonds is 5. The molecule has 4 saturated carbocycles. The number of urea groups is 1. The van der Waals surface area contributed by atoms with E-state index in [9.17, 15) is 13.2 Å². The van der Waals surface area contributed by atoms with Crippen molar-refractivity contribution in [1.82, 2.24) is 10.5 Å². The van der Waals surface area contributed by atoms with Crippen LogP contribution in [0.3, 0.4) is 0 Å². The number of aryl methyl sites for hydroxylation is 1. The monoisotopic (exact) mass is 430 g/mol. The second-order valence-corrected chi connectivity index (χ2v) is 10.9. The van der Waals surface area contributed by atoms with Crippen molar-refractivity contribution in [2.45, 2.75) is 55.9 Å². The summed E-state index contributed by atoms with van der Waals surface area (Å²) in [6.07, 6.45) is 7.20. The predicted octanol–water partition coefficient (Wildman–Crippen LogP) is 3.87. The van der Waals surface area contributed by atoms with Crippen molar-refractivity contribution < 1.29 is 17.7 Å². The second-order valence-electron chi connectivity index (χ2n) is 9.23. The van der Waals surface area contributed by atoms with E-state index in [1.807, 2.05) is 0 Å². The van der Waals surface area contributed by atoms with Crippen LogP contribution in [0, 0.1) is 24.7 Å². The molecular formula is C21H26N4O4S. The summed E-state index contributed by atoms with van der Waals surface area (Å²) < 4.78 is 32.2. The molecule has 0 saturated heterocycles. The van der Waals surface area contributed by atoms with Crippen molar-refractivity contribution >= 4 is 27.6 Å². The molecule has 4 bridgehead atoms. The Labute approximate surface area is 175 Å². The fraction of sp³-hybridized carbons (Fsp3) is 0.524. The standard InChI is InChI=1S/C21H26N4O4S/c1-13-6-19(24-29-13)25-30(27,28)18-4-2-17(3-5-18)22-20(26)23-21-10-14-7-15(11-21)9-16(8-14)12-21/h2-6,14-16H,7-12H2,1H3,(H,24,25)(H2,22,23,26). The molecule has 0 atom stereocenters. The van der Waals surface area contributed by atoms with Gasteiger partial charge in [-0.05, 0) is 87.5 Å². The normalized spacial score (nSPS) is 29.6. The molecule has 2 amide bonds. The Morgan fingerprint density at radius 1 is 1.07 bits per heavy atom. The molecule has 9 heteroatoms. The zero-order chi connectivity index (χ0) is 20.9. The van der Waals surface area contributed by atoms with Crippen molar-refractivity contribution in [3.63, 3.8) is 0 Å². The molecule has 3 N–H and O–H groups in total. The van der Waals surface area contributed by atoms with E-state index in [-0.39, 0.29) is 22.3 Å². The van der Waals surface area contributed by atoms with Gasteiger partial charge in [0.2, 0.25) is 0 Å². The van der Waals surface area contributed by atoms with Crippen LogP contribution < -0.4 is 15.4 Å². The molecule has 1 heterocycles. The summed E-state index contributed by atoms with van der Waals surface area (Å²) >= 11 is 0. The molecule has 2 aromatic rings. The van der Waals surface area contributed by atoms with Crippen LogP contribution in [-0.2, 0) is 10.0 Å². The average Bonchev–Trinajstić information content (AvgIpc) is 3.04. The molecule has 8 nitrogen and oxygen atoms in total. The van der Waals surface area contributed by atoms with E-state index >= 15 is 0 Å². The van der Waals surface area contributed by atoms with Gasteiger partial charge in [-0.25, -0.2) is 13.2 Å². The lowest BCUT2D eigenvalue weighted by Crippen LogP contribution is -2.60. The highest BCUT2D eigenvalue weighted by Gasteiger charge is 2.51. The molecule has 160 valence electrons. The van der Waals surface area contributed by atoms with Crippen LogP contribution in [0.4, 0.5) is 16.3 Å². The van der Waals surface area contributed by atoms with Gasteiger partial charge in [0.15, 0.2) is 5.82 Å². The fourth-order valence-electron chi connectivity index (χ4n) is 6.00. The van der Waals surface area contributed by atoms with Crippen LogP contribution in [0.25, 0.3) is 0 Å². The molecular weight excluding hydrogens is 404 g/mol. The lowest BCUT2D eigenvalue weighted by Gasteiger charge is -2.56. The van der Waals surface area contributed by atoms with E-state index in [1.165, 1.54) is 37.5 Å². The summed E-state index contributed by atoms with van der Waals surface area (Å²) in [5.74, 6) is 2.90. The SMILES string of the molecule is Cc1cc(NS(=O)(=O)c2ccc(NC(=O)NC34CC5CC(CC(C5)C3)C4)cc2)no1. The number of carbonyl (C=O) groups is 1. The van der Waals surface area contributed by atoms with Crippen molar-refractivity contribution in [3.05, 3.63) is 36.1 Å². The Hall–Kier alpha value is -2.55. The zero-order valence-electron chi connectivity index (χ0n) is 16.8. The second kappa shape index (κ2) is 7.01. The molecule has 1 aromatic heterocycles. The minimum Gasteiger partial charge on any atom is -0.360 e. The van der Waals surface area contributed by atoms with Crippen LogP contribution in [0.2, 0.25) is 0 Å². The van der Waals surface area contributed by atoms with Gasteiger partial charge in [-0.15, -0.1) is 0 Å². The molecule has 6 rings (SSSR count). The lowest BCUT2D eigenvalue weighted by molar-refractivity contribution is -0.0127. The lowest BCUT2D eigenvalue weighted by atomic mass is 9.53. The molecule has 1 aromatic carbocycles. The maximum atomic E-state index is 12.7. The van der Waals surface area contributed by atoms with Crippen molar-refractivity contribution in [2.75, 3.05) is 10.0 Å². The summed E-state index contributed by atoms with van der Waals surface area (Å²) in [6, 6.07) is 7.36. The molecule has 0 radical (unpaired) electrons. The quantitative estimate of drug-likeness (QED) is 0.666. The van der Waals surface area contributed by atoms with E-state index in [4.69, 9.17) is 4.52 Å². The third-order valence-electron chi connectivity index (χ3n) is 6.71. The van der Waals surface area contributed by atoms with E-state index in [0.29, 0.717) is 11.4 Å². The number of nitrogens with zero attached hydrogens (tertiary/aromatic N) is 1. The van der Waals surface area contributed by atoms with Gasteiger partial charge in [-0.2, -0.15) is 0 Å². The van der Waals surface area contributed by atoms with Gasteiger partial charge in [0.05, 0.1) is 4.90 Å². The van der Waals surface area contributed by atoms with Crippen molar-refractivity contribution in [2.24, 2.45) is 17.8 Å². The molecule has 4 fully saturated rings. The summed E-state index contributed by atoms with van der Waals surface area (Å²) in [7, 11) is -3.78. The van der Waals surface area contributed by atoms with Gasteiger partial charge in [-0.1, -0.05) is 5.16 Å². The van der Waals surface area contributed by atoms with E-state index in [0.717, 1.165) is 37.0 Å². The first-order valence-corrected chi connectivity index (χ1v) is 11.9. The number of aromatic nitrogens is 1. The molecule has 4 aliphatic rings. The average molecular weight is 431 g/mol. The third-order valence-corrected chi connectivity index (χ3v) is 8.08. The topological polar surface area (TPSA) is 113 Å². The maximum Gasteiger partial charge on any atom is 0.319 e. The molecule has 0 aliphatic heterocycles. The summed E-state index contributed by atoms with van der Waals surface area (Å²) in [4.78, 5) is 12.7. The van der Waals surface area contributed by atoms with Gasteiger partial charge in [0, 0.05) is 17.3 Å². The Morgan fingerprint density at radius 3 is 2.20 bits per heavy atom. The molecule has 0 spiro atoms. The van der Waals surface area contributed by atoms with Crippen LogP contribution in [0.1, 0.15) is 44.3 Å². The Balaban J connectivity index is 1.22. The third kappa shape index (κ3) is 3.78. The minimum atomic E-state index is -3.78. The number of anilines is 2. The molecule has 30 heavy (non-hydrogen) atoms. The van der Waals surface area contributed by atoms with Gasteiger partial charge < -0.3 is 15.2 Å². The number of hydrogen-bond donors (Lipinski definition) is 3. The largest absolute Gasteiger partial charge is 0.360 e. The molecule has 0 unspecified atom stereocenters. The fourth-order valence-corrected chi connectivity index (χ4v) is 6.98. The number of amides is 2. The minimum absolute atomic E-state index is 0.0677. The Morgan fingerprint density at radius 2 is 1.67 bits per heavy atom. The Kier molecular flexibility index (Phi) is 4.53. The van der Waals surface area contributed by atoms with Crippen molar-refractivity contribution in [3.8, 4) is 0 Å². The zero-order valence-corrected chi connectivity index (χ0v) is 17.7. The highest BCUT2D eigenvalue weighted by molar-refractivity contribution is 7.92. The van der Waals surface area contributed by atoms with Gasteiger partial charge in [0.1, 0.15) is 5.76 Å². The van der Waals surface area contributed by atoms with Crippen molar-refractivity contribution in [1.29, 1.82) is 0 Å². The van der Waals surface area contributed by atoms with E-state index in [2.05, 4.69) is 20.5 Å². The van der Waals surface area contributed by atoms with Crippen LogP contribution in [0.5, 0.6) is 0 Å². The highest BCUT2D eigenvalue weighted by Crippen LogP contribution is 2.55. The first-order chi connectivity index (χ1) is 14.3. The summed E-state index contributed by atoms with van der Waals surface area (Å²) in [5, 5.41) is 9.75. The molecule has 4 aliphatic carbocycles. The van der Waals surface area contributed by atoms with Gasteiger partial charge >= 0.3 is 6.03 Å². The van der Waals surface area contributed by atoms with Gasteiger partial charge in [0.25, 0.3) is 10.0 Å². The number of nitrogens with one attached hydrogen (secondary N) is 3. The predicted molar refractivity (Wildman–Crippen MR) is 112 cm³/mol. The highest BCUT2D eigenvalue weighted by atomic mass is 32.2. The Bertz CT molecular complexity index is 1030. The summed E-state index contributed by atoms with van der Waals surface area (Å²) in [5.41, 5.74) is 0.482. The first kappa shape index (κ1) is 19.4. The van der Waals surface area contributed by atoms with Crippen LogP contribution in [-0.4, -0.2) is 25.1 Å². The van der Waals surface area contributed by atoms with Crippen LogP contribution in [0.15, 0.2) is 39.8 Å². The summed E-state index contributed by atoms with van der Waals surface area (Å²) in [6.45, 7) is 1.68. The number of benzene rings is 1. The van der Waals surface area contributed by atoms with Gasteiger partial charge in [-0.3, -0.25) is 4.72 Å². The van der Waals surface area contributed by atoms with Crippen LogP contribution >= 0.6 is 0 Å². The maximum absolute atomic E-state index is 12.7. The first-order valence-electron chi connectivity index (χ1n) is 10.4. The smallest absolute Gasteiger partial charge is 0.319 e. The van der Waals surface area contributed by atoms with E-state index in [1.54, 1.807) is 19.1 Å². The van der Waals surface area contributed by atoms with E-state index < -0.39 is 10.0 Å². The number of hydrogen-bond acceptors (Lipinski definition) is 5. The number of carbonyl (C=O) groups excluding carboxylic acids is 1.